The molecule has 1 N–H and O–H groups in total. The van der Waals surface area contributed by atoms with E-state index in [4.69, 9.17) is 11.6 Å². The molecule has 0 fully saturated rings. The highest BCUT2D eigenvalue weighted by Gasteiger charge is 2.35. The average molecular weight is 430 g/mol. The molecule has 3 rings (SSSR count). The molecule has 0 aliphatic rings. The molecule has 0 spiro atoms. The van der Waals surface area contributed by atoms with Gasteiger partial charge in [0.05, 0.1) is 23.6 Å². The summed E-state index contributed by atoms with van der Waals surface area (Å²) in [6.07, 6.45) is -4.62. The van der Waals surface area contributed by atoms with Gasteiger partial charge in [0.2, 0.25) is 0 Å². The number of amides is 1. The van der Waals surface area contributed by atoms with Crippen LogP contribution in [0.5, 0.6) is 0 Å². The SMILES string of the molecule is Cc1nn(Cc2ccc(F)cc2Cl)c(C)c1NC(=O)c1cc(C(F)(F)F)n(C)n1. The second-order valence-electron chi connectivity index (χ2n) is 6.43. The fourth-order valence-electron chi connectivity index (χ4n) is 2.86. The number of rotatable bonds is 4. The van der Waals surface area contributed by atoms with Crippen LogP contribution in [0.1, 0.15) is 33.1 Å². The number of benzene rings is 1. The monoisotopic (exact) mass is 429 g/mol. The zero-order valence-corrected chi connectivity index (χ0v) is 16.4. The first-order valence-corrected chi connectivity index (χ1v) is 8.75. The van der Waals surface area contributed by atoms with Crippen LogP contribution in [0.25, 0.3) is 0 Å². The van der Waals surface area contributed by atoms with Crippen molar-refractivity contribution in [3.05, 3.63) is 63.4 Å². The first kappa shape index (κ1) is 20.8. The highest BCUT2D eigenvalue weighted by atomic mass is 35.5. The summed E-state index contributed by atoms with van der Waals surface area (Å²) >= 11 is 6.04. The number of aromatic nitrogens is 4. The molecule has 0 aliphatic carbocycles. The van der Waals surface area contributed by atoms with Crippen LogP contribution in [-0.2, 0) is 19.8 Å². The Balaban J connectivity index is 1.84. The Kier molecular flexibility index (Phi) is 5.40. The van der Waals surface area contributed by atoms with Gasteiger partial charge in [0.1, 0.15) is 11.5 Å². The van der Waals surface area contributed by atoms with E-state index >= 15 is 0 Å². The van der Waals surface area contributed by atoms with Crippen molar-refractivity contribution in [1.29, 1.82) is 0 Å². The van der Waals surface area contributed by atoms with Gasteiger partial charge in [-0.3, -0.25) is 14.2 Å². The fraction of sp³-hybridized carbons (Fsp3) is 0.278. The third-order valence-corrected chi connectivity index (χ3v) is 4.71. The molecule has 6 nitrogen and oxygen atoms in total. The summed E-state index contributed by atoms with van der Waals surface area (Å²) in [7, 11) is 1.11. The molecule has 3 aromatic rings. The maximum absolute atomic E-state index is 13.2. The molecule has 1 amide bonds. The molecule has 0 atom stereocenters. The number of halogens is 5. The number of hydrogen-bond acceptors (Lipinski definition) is 3. The molecule has 154 valence electrons. The highest BCUT2D eigenvalue weighted by Crippen LogP contribution is 2.30. The van der Waals surface area contributed by atoms with Crippen LogP contribution >= 0.6 is 11.6 Å². The number of anilines is 1. The molecular formula is C18H16ClF4N5O. The van der Waals surface area contributed by atoms with E-state index in [1.54, 1.807) is 18.5 Å². The third kappa shape index (κ3) is 4.26. The first-order chi connectivity index (χ1) is 13.5. The molecule has 2 heterocycles. The maximum atomic E-state index is 13.2. The molecule has 11 heteroatoms. The lowest BCUT2D eigenvalue weighted by atomic mass is 10.2. The zero-order valence-electron chi connectivity index (χ0n) is 15.6. The Morgan fingerprint density at radius 2 is 1.90 bits per heavy atom. The Hall–Kier alpha value is -2.88. The molecule has 0 saturated carbocycles. The Morgan fingerprint density at radius 1 is 1.21 bits per heavy atom. The van der Waals surface area contributed by atoms with Gasteiger partial charge in [-0.05, 0) is 31.5 Å². The van der Waals surface area contributed by atoms with Gasteiger partial charge in [-0.25, -0.2) is 4.39 Å². The van der Waals surface area contributed by atoms with E-state index in [0.29, 0.717) is 33.4 Å². The second kappa shape index (κ2) is 7.51. The molecular weight excluding hydrogens is 414 g/mol. The number of carbonyl (C=O) groups is 1. The van der Waals surface area contributed by atoms with Crippen LogP contribution < -0.4 is 5.32 Å². The lowest BCUT2D eigenvalue weighted by Crippen LogP contribution is -2.14. The van der Waals surface area contributed by atoms with Crippen LogP contribution in [0.3, 0.4) is 0 Å². The molecule has 29 heavy (non-hydrogen) atoms. The van der Waals surface area contributed by atoms with Crippen LogP contribution in [0.2, 0.25) is 5.02 Å². The minimum absolute atomic E-state index is 0.226. The lowest BCUT2D eigenvalue weighted by molar-refractivity contribution is -0.143. The van der Waals surface area contributed by atoms with E-state index in [1.165, 1.54) is 18.2 Å². The molecule has 0 radical (unpaired) electrons. The summed E-state index contributed by atoms with van der Waals surface area (Å²) < 4.78 is 54.1. The Morgan fingerprint density at radius 3 is 2.48 bits per heavy atom. The summed E-state index contributed by atoms with van der Waals surface area (Å²) in [5.41, 5.74) is 0.596. The van der Waals surface area contributed by atoms with Gasteiger partial charge < -0.3 is 5.32 Å². The van der Waals surface area contributed by atoms with Crippen molar-refractivity contribution >= 4 is 23.2 Å². The van der Waals surface area contributed by atoms with Crippen molar-refractivity contribution in [3.8, 4) is 0 Å². The third-order valence-electron chi connectivity index (χ3n) is 4.36. The lowest BCUT2D eigenvalue weighted by Gasteiger charge is -2.08. The smallest absolute Gasteiger partial charge is 0.317 e. The largest absolute Gasteiger partial charge is 0.433 e. The number of nitrogens with one attached hydrogen (secondary N) is 1. The van der Waals surface area contributed by atoms with Crippen LogP contribution in [0.4, 0.5) is 23.2 Å². The summed E-state index contributed by atoms with van der Waals surface area (Å²) in [6.45, 7) is 3.56. The summed E-state index contributed by atoms with van der Waals surface area (Å²) in [5, 5.41) is 10.7. The maximum Gasteiger partial charge on any atom is 0.433 e. The minimum atomic E-state index is -4.62. The number of nitrogens with zero attached hydrogens (tertiary/aromatic N) is 4. The zero-order chi connectivity index (χ0) is 21.5. The van der Waals surface area contributed by atoms with E-state index in [-0.39, 0.29) is 17.3 Å². The van der Waals surface area contributed by atoms with Gasteiger partial charge in [0, 0.05) is 18.1 Å². The van der Waals surface area contributed by atoms with E-state index in [9.17, 15) is 22.4 Å². The van der Waals surface area contributed by atoms with Crippen molar-refractivity contribution in [3.63, 3.8) is 0 Å². The van der Waals surface area contributed by atoms with Crippen molar-refractivity contribution in [2.45, 2.75) is 26.6 Å². The van der Waals surface area contributed by atoms with Crippen molar-refractivity contribution in [2.75, 3.05) is 5.32 Å². The standard InChI is InChI=1S/C18H16ClF4N5O/c1-9-16(24-17(29)14-7-15(18(21,22)23)27(3)26-14)10(2)28(25-9)8-11-4-5-12(20)6-13(11)19/h4-7H,8H2,1-3H3,(H,24,29). The quantitative estimate of drug-likeness (QED) is 0.627. The van der Waals surface area contributed by atoms with Gasteiger partial charge in [0.15, 0.2) is 5.69 Å². The number of hydrogen-bond donors (Lipinski definition) is 1. The number of aryl methyl sites for hydroxylation is 2. The van der Waals surface area contributed by atoms with E-state index in [1.807, 2.05) is 0 Å². The molecule has 2 aromatic heterocycles. The van der Waals surface area contributed by atoms with Crippen LogP contribution in [0, 0.1) is 19.7 Å². The highest BCUT2D eigenvalue weighted by molar-refractivity contribution is 6.31. The van der Waals surface area contributed by atoms with E-state index in [0.717, 1.165) is 7.05 Å². The topological polar surface area (TPSA) is 64.7 Å². The van der Waals surface area contributed by atoms with Crippen molar-refractivity contribution in [1.82, 2.24) is 19.6 Å². The normalized spacial score (nSPS) is 11.7. The first-order valence-electron chi connectivity index (χ1n) is 8.38. The number of alkyl halides is 3. The van der Waals surface area contributed by atoms with Gasteiger partial charge >= 0.3 is 6.18 Å². The van der Waals surface area contributed by atoms with Gasteiger partial charge in [0.25, 0.3) is 5.91 Å². The number of carbonyl (C=O) groups excluding carboxylic acids is 1. The van der Waals surface area contributed by atoms with Crippen LogP contribution in [0.15, 0.2) is 24.3 Å². The minimum Gasteiger partial charge on any atom is -0.317 e. The average Bonchev–Trinajstić information content (AvgIpc) is 3.13. The summed E-state index contributed by atoms with van der Waals surface area (Å²) in [6, 6.07) is 4.67. The Labute approximate surface area is 168 Å². The molecule has 0 unspecified atom stereocenters. The van der Waals surface area contributed by atoms with Crippen molar-refractivity contribution < 1.29 is 22.4 Å². The summed E-state index contributed by atoms with van der Waals surface area (Å²) in [4.78, 5) is 12.4. The van der Waals surface area contributed by atoms with Crippen molar-refractivity contribution in [2.24, 2.45) is 7.05 Å². The Bertz CT molecular complexity index is 1090. The second-order valence-corrected chi connectivity index (χ2v) is 6.84. The molecule has 0 saturated heterocycles. The van der Waals surface area contributed by atoms with Gasteiger partial charge in [-0.15, -0.1) is 0 Å². The van der Waals surface area contributed by atoms with Crippen LogP contribution in [-0.4, -0.2) is 25.5 Å². The van der Waals surface area contributed by atoms with Gasteiger partial charge in [-0.1, -0.05) is 17.7 Å². The molecule has 0 aliphatic heterocycles. The predicted molar refractivity (Wildman–Crippen MR) is 98.4 cm³/mol. The van der Waals surface area contributed by atoms with Gasteiger partial charge in [-0.2, -0.15) is 23.4 Å². The van der Waals surface area contributed by atoms with E-state index in [2.05, 4.69) is 15.5 Å². The molecule has 1 aromatic carbocycles. The predicted octanol–water partition coefficient (Wildman–Crippen LogP) is 4.35. The fourth-order valence-corrected chi connectivity index (χ4v) is 3.09. The van der Waals surface area contributed by atoms with E-state index < -0.39 is 23.6 Å². The summed E-state index contributed by atoms with van der Waals surface area (Å²) in [5.74, 6) is -1.25. The molecule has 0 bridgehead atoms.